The first kappa shape index (κ1) is 12.4. The molecule has 0 saturated carbocycles. The van der Waals surface area contributed by atoms with Crippen LogP contribution in [0.25, 0.3) is 0 Å². The maximum Gasteiger partial charge on any atom is 0.405 e. The fourth-order valence-electron chi connectivity index (χ4n) is 0. The number of nitrogens with two attached hydrogens (primary N) is 1. The molecule has 0 saturated heterocycles. The summed E-state index contributed by atoms with van der Waals surface area (Å²) in [7, 11) is 0. The zero-order valence-corrected chi connectivity index (χ0v) is 6.71. The molecule has 1 nitrogen and oxygen atoms in total. The Balaban J connectivity index is 0. The van der Waals surface area contributed by atoms with E-state index in [2.05, 4.69) is 5.73 Å². The highest BCUT2D eigenvalue weighted by molar-refractivity contribution is 4.80. The summed E-state index contributed by atoms with van der Waals surface area (Å²) in [6.45, 7) is 5.85. The zero-order chi connectivity index (χ0) is 9.00. The van der Waals surface area contributed by atoms with Gasteiger partial charge < -0.3 is 5.73 Å². The molecule has 10 heavy (non-hydrogen) atoms. The molecule has 0 unspecified atom stereocenters. The van der Waals surface area contributed by atoms with Crippen molar-refractivity contribution >= 4 is 0 Å². The molecule has 0 rings (SSSR count). The molecular weight excluding hydrogens is 143 g/mol. The number of hydrogen-bond acceptors (Lipinski definition) is 1. The van der Waals surface area contributed by atoms with Crippen molar-refractivity contribution in [2.45, 2.75) is 39.4 Å². The number of hydrogen-bond donors (Lipinski definition) is 1. The van der Waals surface area contributed by atoms with Gasteiger partial charge in [0.1, 0.15) is 5.54 Å². The molecular formula is C6H14F3N. The van der Waals surface area contributed by atoms with E-state index in [0.717, 1.165) is 13.8 Å². The summed E-state index contributed by atoms with van der Waals surface area (Å²) in [5.74, 6) is 0. The lowest BCUT2D eigenvalue weighted by molar-refractivity contribution is -0.175. The van der Waals surface area contributed by atoms with Crippen LogP contribution in [-0.2, 0) is 0 Å². The topological polar surface area (TPSA) is 26.0 Å². The SMILES string of the molecule is CC.CC(C)(N)C(F)(F)F. The maximum atomic E-state index is 11.4. The average molecular weight is 157 g/mol. The lowest BCUT2D eigenvalue weighted by atomic mass is 10.1. The molecule has 0 aliphatic heterocycles. The van der Waals surface area contributed by atoms with Crippen LogP contribution in [-0.4, -0.2) is 11.7 Å². The summed E-state index contributed by atoms with van der Waals surface area (Å²) >= 11 is 0. The third-order valence-electron chi connectivity index (χ3n) is 0.731. The van der Waals surface area contributed by atoms with Crippen LogP contribution >= 0.6 is 0 Å². The van der Waals surface area contributed by atoms with Gasteiger partial charge in [-0.15, -0.1) is 0 Å². The van der Waals surface area contributed by atoms with E-state index in [-0.39, 0.29) is 0 Å². The first-order valence-electron chi connectivity index (χ1n) is 3.11. The van der Waals surface area contributed by atoms with Gasteiger partial charge in [0.05, 0.1) is 0 Å². The molecule has 0 aliphatic carbocycles. The Morgan fingerprint density at radius 3 is 1.10 bits per heavy atom. The second-order valence-corrected chi connectivity index (χ2v) is 2.22. The van der Waals surface area contributed by atoms with Gasteiger partial charge in [0.15, 0.2) is 0 Å². The second kappa shape index (κ2) is 3.81. The van der Waals surface area contributed by atoms with E-state index < -0.39 is 11.7 Å². The van der Waals surface area contributed by atoms with Gasteiger partial charge in [0.2, 0.25) is 0 Å². The van der Waals surface area contributed by atoms with Crippen LogP contribution < -0.4 is 5.73 Å². The van der Waals surface area contributed by atoms with E-state index in [9.17, 15) is 13.2 Å². The van der Waals surface area contributed by atoms with Gasteiger partial charge in [-0.25, -0.2) is 0 Å². The summed E-state index contributed by atoms with van der Waals surface area (Å²) < 4.78 is 34.3. The fourth-order valence-corrected chi connectivity index (χ4v) is 0. The van der Waals surface area contributed by atoms with Crippen molar-refractivity contribution < 1.29 is 13.2 Å². The third-order valence-corrected chi connectivity index (χ3v) is 0.731. The second-order valence-electron chi connectivity index (χ2n) is 2.22. The minimum absolute atomic E-state index is 0.924. The van der Waals surface area contributed by atoms with E-state index in [1.54, 1.807) is 0 Å². The van der Waals surface area contributed by atoms with Crippen LogP contribution in [0.2, 0.25) is 0 Å². The Hall–Kier alpha value is -0.250. The monoisotopic (exact) mass is 157 g/mol. The van der Waals surface area contributed by atoms with Crippen LogP contribution in [0.1, 0.15) is 27.7 Å². The largest absolute Gasteiger partial charge is 0.405 e. The van der Waals surface area contributed by atoms with Crippen molar-refractivity contribution in [2.24, 2.45) is 5.73 Å². The van der Waals surface area contributed by atoms with E-state index in [4.69, 9.17) is 0 Å². The first-order chi connectivity index (χ1) is 4.25. The predicted molar refractivity (Wildman–Crippen MR) is 35.7 cm³/mol. The zero-order valence-electron chi connectivity index (χ0n) is 6.71. The minimum Gasteiger partial charge on any atom is -0.318 e. The number of halogens is 3. The van der Waals surface area contributed by atoms with Crippen molar-refractivity contribution in [3.8, 4) is 0 Å². The molecule has 0 heterocycles. The van der Waals surface area contributed by atoms with Crippen molar-refractivity contribution in [1.29, 1.82) is 0 Å². The fraction of sp³-hybridized carbons (Fsp3) is 1.00. The molecule has 0 aromatic carbocycles. The van der Waals surface area contributed by atoms with E-state index in [0.29, 0.717) is 0 Å². The van der Waals surface area contributed by atoms with Gasteiger partial charge in [-0.1, -0.05) is 13.8 Å². The molecule has 0 atom stereocenters. The van der Waals surface area contributed by atoms with Gasteiger partial charge in [-0.3, -0.25) is 0 Å². The number of rotatable bonds is 0. The molecule has 0 radical (unpaired) electrons. The Bertz CT molecular complexity index is 68.0. The highest BCUT2D eigenvalue weighted by Crippen LogP contribution is 2.26. The number of alkyl halides is 3. The lowest BCUT2D eigenvalue weighted by Crippen LogP contribution is -2.47. The van der Waals surface area contributed by atoms with Gasteiger partial charge in [0.25, 0.3) is 0 Å². The summed E-state index contributed by atoms with van der Waals surface area (Å²) in [5.41, 5.74) is 2.62. The Kier molecular flexibility index (Phi) is 4.73. The van der Waals surface area contributed by atoms with Crippen molar-refractivity contribution in [3.05, 3.63) is 0 Å². The normalized spacial score (nSPS) is 12.0. The van der Waals surface area contributed by atoms with Crippen molar-refractivity contribution in [1.82, 2.24) is 0 Å². The van der Waals surface area contributed by atoms with E-state index in [1.807, 2.05) is 13.8 Å². The van der Waals surface area contributed by atoms with Crippen LogP contribution in [0.3, 0.4) is 0 Å². The molecule has 0 fully saturated rings. The molecule has 4 heteroatoms. The Morgan fingerprint density at radius 2 is 1.10 bits per heavy atom. The molecule has 0 aliphatic rings. The standard InChI is InChI=1S/C4H8F3N.C2H6/c1-3(2,8)4(5,6)7;1-2/h8H2,1-2H3;1-2H3. The molecule has 2 N–H and O–H groups in total. The maximum absolute atomic E-state index is 11.4. The van der Waals surface area contributed by atoms with E-state index in [1.165, 1.54) is 0 Å². The van der Waals surface area contributed by atoms with Gasteiger partial charge in [0, 0.05) is 0 Å². The lowest BCUT2D eigenvalue weighted by Gasteiger charge is -2.21. The Labute approximate surface area is 59.4 Å². The van der Waals surface area contributed by atoms with Gasteiger partial charge in [-0.2, -0.15) is 13.2 Å². The highest BCUT2D eigenvalue weighted by atomic mass is 19.4. The minimum atomic E-state index is -4.28. The van der Waals surface area contributed by atoms with Crippen LogP contribution in [0.15, 0.2) is 0 Å². The summed E-state index contributed by atoms with van der Waals surface area (Å²) in [6.07, 6.45) is -4.28. The van der Waals surface area contributed by atoms with Crippen molar-refractivity contribution in [3.63, 3.8) is 0 Å². The summed E-state index contributed by atoms with van der Waals surface area (Å²) in [5, 5.41) is 0. The Morgan fingerprint density at radius 1 is 1.00 bits per heavy atom. The average Bonchev–Trinajstić information content (AvgIpc) is 1.66. The third kappa shape index (κ3) is 4.61. The molecule has 0 aromatic heterocycles. The van der Waals surface area contributed by atoms with Crippen LogP contribution in [0, 0.1) is 0 Å². The van der Waals surface area contributed by atoms with Gasteiger partial charge >= 0.3 is 6.18 Å². The smallest absolute Gasteiger partial charge is 0.318 e. The van der Waals surface area contributed by atoms with Crippen LogP contribution in [0.4, 0.5) is 13.2 Å². The summed E-state index contributed by atoms with van der Waals surface area (Å²) in [6, 6.07) is 0. The molecule has 64 valence electrons. The quantitative estimate of drug-likeness (QED) is 0.573. The first-order valence-corrected chi connectivity index (χ1v) is 3.11. The van der Waals surface area contributed by atoms with E-state index >= 15 is 0 Å². The highest BCUT2D eigenvalue weighted by Gasteiger charge is 2.43. The molecule has 0 spiro atoms. The summed E-state index contributed by atoms with van der Waals surface area (Å²) in [4.78, 5) is 0. The molecule has 0 bridgehead atoms. The predicted octanol–water partition coefficient (Wildman–Crippen LogP) is 2.31. The van der Waals surface area contributed by atoms with Crippen molar-refractivity contribution in [2.75, 3.05) is 0 Å². The van der Waals surface area contributed by atoms with Gasteiger partial charge in [-0.05, 0) is 13.8 Å². The molecule has 0 amide bonds. The molecule has 0 aromatic rings. The van der Waals surface area contributed by atoms with Crippen LogP contribution in [0.5, 0.6) is 0 Å².